The van der Waals surface area contributed by atoms with Crippen LogP contribution in [-0.2, 0) is 0 Å². The molecular weight excluding hydrogens is 241 g/mol. The van der Waals surface area contributed by atoms with Crippen molar-refractivity contribution in [1.82, 2.24) is 0 Å². The minimum Gasteiger partial charge on any atom is -0.390 e. The van der Waals surface area contributed by atoms with Gasteiger partial charge in [-0.15, -0.1) is 0 Å². The molecule has 0 saturated heterocycles. The molecule has 0 amide bonds. The standard InChI is InChI=1S/C16H29B3O/c1-4-6-13(2)16(19,12-17)10-9-15(18)8-5-7-14(3,20)11-15/h13,20H,4-12H2,1-3H3/t13-,14+,15-,16?/m0/s1. The Kier molecular flexibility index (Phi) is 6.32. The maximum absolute atomic E-state index is 10.3. The Balaban J connectivity index is 2.63. The molecule has 108 valence electrons. The van der Waals surface area contributed by atoms with Crippen LogP contribution >= 0.6 is 0 Å². The average Bonchev–Trinajstić information content (AvgIpc) is 2.35. The lowest BCUT2D eigenvalue weighted by atomic mass is 9.48. The molecule has 0 aromatic heterocycles. The zero-order valence-electron chi connectivity index (χ0n) is 13.6. The molecule has 1 nitrogen and oxygen atoms in total. The van der Waals surface area contributed by atoms with Crippen LogP contribution in [0.1, 0.15) is 72.1 Å². The molecule has 4 atom stereocenters. The Hall–Kier alpha value is 0.155. The van der Waals surface area contributed by atoms with Crippen LogP contribution in [0.15, 0.2) is 0 Å². The second-order valence-corrected chi connectivity index (χ2v) is 7.52. The van der Waals surface area contributed by atoms with E-state index in [4.69, 9.17) is 23.5 Å². The smallest absolute Gasteiger partial charge is 0.0747 e. The average molecular weight is 270 g/mol. The van der Waals surface area contributed by atoms with Crippen molar-refractivity contribution < 1.29 is 5.11 Å². The molecule has 0 spiro atoms. The molecule has 1 N–H and O–H groups in total. The fraction of sp³-hybridized carbons (Fsp3) is 1.00. The van der Waals surface area contributed by atoms with E-state index in [1.54, 1.807) is 0 Å². The van der Waals surface area contributed by atoms with Gasteiger partial charge in [0.2, 0.25) is 0 Å². The summed E-state index contributed by atoms with van der Waals surface area (Å²) in [5.74, 6) is 0.408. The van der Waals surface area contributed by atoms with Crippen LogP contribution in [0.5, 0.6) is 0 Å². The second-order valence-electron chi connectivity index (χ2n) is 7.52. The molecule has 1 saturated carbocycles. The molecule has 1 rings (SSSR count). The van der Waals surface area contributed by atoms with Crippen molar-refractivity contribution in [1.29, 1.82) is 0 Å². The predicted molar refractivity (Wildman–Crippen MR) is 89.9 cm³/mol. The lowest BCUT2D eigenvalue weighted by molar-refractivity contribution is 0.00328. The Labute approximate surface area is 129 Å². The predicted octanol–water partition coefficient (Wildman–Crippen LogP) is 3.77. The monoisotopic (exact) mass is 270 g/mol. The van der Waals surface area contributed by atoms with Gasteiger partial charge in [-0.1, -0.05) is 69.3 Å². The van der Waals surface area contributed by atoms with Crippen molar-refractivity contribution in [2.24, 2.45) is 5.92 Å². The van der Waals surface area contributed by atoms with E-state index in [9.17, 15) is 5.11 Å². The molecule has 1 aliphatic rings. The van der Waals surface area contributed by atoms with E-state index in [-0.39, 0.29) is 10.6 Å². The van der Waals surface area contributed by atoms with Crippen molar-refractivity contribution in [3.8, 4) is 0 Å². The lowest BCUT2D eigenvalue weighted by Crippen LogP contribution is -2.36. The van der Waals surface area contributed by atoms with E-state index in [0.29, 0.717) is 18.7 Å². The van der Waals surface area contributed by atoms with Gasteiger partial charge in [0.15, 0.2) is 0 Å². The molecule has 0 bridgehead atoms. The van der Waals surface area contributed by atoms with Crippen molar-refractivity contribution >= 4 is 23.5 Å². The van der Waals surface area contributed by atoms with Crippen LogP contribution < -0.4 is 0 Å². The normalized spacial score (nSPS) is 35.4. The fourth-order valence-electron chi connectivity index (χ4n) is 3.72. The van der Waals surface area contributed by atoms with Gasteiger partial charge in [0.1, 0.15) is 0 Å². The van der Waals surface area contributed by atoms with Crippen molar-refractivity contribution in [3.05, 3.63) is 0 Å². The van der Waals surface area contributed by atoms with Crippen molar-refractivity contribution in [2.45, 2.75) is 94.7 Å². The zero-order chi connectivity index (χ0) is 15.4. The first-order chi connectivity index (χ1) is 9.16. The van der Waals surface area contributed by atoms with Gasteiger partial charge < -0.3 is 5.11 Å². The van der Waals surface area contributed by atoms with E-state index in [2.05, 4.69) is 13.8 Å². The van der Waals surface area contributed by atoms with Crippen LogP contribution in [-0.4, -0.2) is 34.2 Å². The van der Waals surface area contributed by atoms with Gasteiger partial charge >= 0.3 is 0 Å². The van der Waals surface area contributed by atoms with Crippen LogP contribution in [0.3, 0.4) is 0 Å². The third-order valence-electron chi connectivity index (χ3n) is 5.29. The summed E-state index contributed by atoms with van der Waals surface area (Å²) in [5, 5.41) is 9.64. The molecule has 1 aliphatic carbocycles. The summed E-state index contributed by atoms with van der Waals surface area (Å²) in [6.07, 6.45) is 7.92. The summed E-state index contributed by atoms with van der Waals surface area (Å²) in [5.41, 5.74) is -0.623. The molecular formula is C16H29B3O. The molecule has 0 aliphatic heterocycles. The third-order valence-corrected chi connectivity index (χ3v) is 5.29. The first-order valence-corrected chi connectivity index (χ1v) is 8.17. The van der Waals surface area contributed by atoms with E-state index in [1.807, 2.05) is 6.92 Å². The van der Waals surface area contributed by atoms with E-state index in [1.165, 1.54) is 0 Å². The number of aliphatic hydroxyl groups is 1. The fourth-order valence-corrected chi connectivity index (χ4v) is 3.72. The summed E-state index contributed by atoms with van der Waals surface area (Å²) in [6, 6.07) is 0. The van der Waals surface area contributed by atoms with Gasteiger partial charge in [0.25, 0.3) is 0 Å². The molecule has 4 heteroatoms. The van der Waals surface area contributed by atoms with Gasteiger partial charge in [-0.25, -0.2) is 0 Å². The van der Waals surface area contributed by atoms with Gasteiger partial charge in [-0.3, -0.25) is 0 Å². The highest BCUT2D eigenvalue weighted by Crippen LogP contribution is 2.52. The summed E-state index contributed by atoms with van der Waals surface area (Å²) in [6.45, 7) is 6.26. The van der Waals surface area contributed by atoms with Gasteiger partial charge in [-0.05, 0) is 25.7 Å². The van der Waals surface area contributed by atoms with E-state index < -0.39 is 5.60 Å². The van der Waals surface area contributed by atoms with Crippen LogP contribution in [0.25, 0.3) is 0 Å². The molecule has 20 heavy (non-hydrogen) atoms. The van der Waals surface area contributed by atoms with Gasteiger partial charge in [0.05, 0.1) is 29.1 Å². The number of hydrogen-bond donors (Lipinski definition) is 1. The van der Waals surface area contributed by atoms with Crippen LogP contribution in [0, 0.1) is 5.92 Å². The lowest BCUT2D eigenvalue weighted by Gasteiger charge is -2.45. The SMILES string of the molecule is [B]CC([B])(CC[C@@]1([B])CCC[C@@](C)(O)C1)[C@@H](C)CCC. The first-order valence-electron chi connectivity index (χ1n) is 8.17. The molecule has 0 aromatic rings. The number of hydrogen-bond acceptors (Lipinski definition) is 1. The van der Waals surface area contributed by atoms with Crippen LogP contribution in [0.2, 0.25) is 16.9 Å². The van der Waals surface area contributed by atoms with Gasteiger partial charge in [0, 0.05) is 0 Å². The second kappa shape index (κ2) is 6.94. The highest BCUT2D eigenvalue weighted by Gasteiger charge is 2.39. The summed E-state index contributed by atoms with van der Waals surface area (Å²) >= 11 is 0. The summed E-state index contributed by atoms with van der Waals surface area (Å²) < 4.78 is 0. The molecule has 0 heterocycles. The van der Waals surface area contributed by atoms with Crippen LogP contribution in [0.4, 0.5) is 0 Å². The molecule has 1 fully saturated rings. The zero-order valence-corrected chi connectivity index (χ0v) is 13.6. The Morgan fingerprint density at radius 3 is 2.50 bits per heavy atom. The maximum atomic E-state index is 10.3. The molecule has 0 aromatic carbocycles. The molecule has 6 radical (unpaired) electrons. The minimum atomic E-state index is -0.623. The topological polar surface area (TPSA) is 20.2 Å². The van der Waals surface area contributed by atoms with Gasteiger partial charge in [-0.2, -0.15) is 0 Å². The Bertz CT molecular complexity index is 308. The Morgan fingerprint density at radius 1 is 1.35 bits per heavy atom. The van der Waals surface area contributed by atoms with E-state index >= 15 is 0 Å². The highest BCUT2D eigenvalue weighted by atomic mass is 16.3. The van der Waals surface area contributed by atoms with Crippen molar-refractivity contribution in [3.63, 3.8) is 0 Å². The maximum Gasteiger partial charge on any atom is 0.0747 e. The third kappa shape index (κ3) is 4.86. The first kappa shape index (κ1) is 18.2. The van der Waals surface area contributed by atoms with E-state index in [0.717, 1.165) is 44.9 Å². The quantitative estimate of drug-likeness (QED) is 0.698. The molecule has 1 unspecified atom stereocenters. The number of rotatable bonds is 7. The van der Waals surface area contributed by atoms with Crippen molar-refractivity contribution in [2.75, 3.05) is 0 Å². The largest absolute Gasteiger partial charge is 0.390 e. The Morgan fingerprint density at radius 2 is 2.00 bits per heavy atom. The summed E-state index contributed by atoms with van der Waals surface area (Å²) in [7, 11) is 19.0. The summed E-state index contributed by atoms with van der Waals surface area (Å²) in [4.78, 5) is 0. The highest BCUT2D eigenvalue weighted by molar-refractivity contribution is 6.22. The minimum absolute atomic E-state index is 0.284.